The van der Waals surface area contributed by atoms with Gasteiger partial charge in [0.2, 0.25) is 21.8 Å². The molecule has 0 aliphatic carbocycles. The molecule has 1 aromatic rings. The van der Waals surface area contributed by atoms with Gasteiger partial charge in [0.15, 0.2) is 0 Å². The minimum Gasteiger partial charge on any atom is -0.365 e. The van der Waals surface area contributed by atoms with Crippen molar-refractivity contribution in [2.75, 3.05) is 25.0 Å². The van der Waals surface area contributed by atoms with E-state index in [0.717, 1.165) is 25.9 Å². The quantitative estimate of drug-likeness (QED) is 0.739. The van der Waals surface area contributed by atoms with E-state index < -0.39 is 21.7 Å². The maximum Gasteiger partial charge on any atom is 0.245 e. The Morgan fingerprint density at radius 3 is 2.77 bits per heavy atom. The number of sulfonamides is 1. The van der Waals surface area contributed by atoms with Crippen LogP contribution >= 0.6 is 0 Å². The lowest BCUT2D eigenvalue weighted by atomic mass is 9.99. The summed E-state index contributed by atoms with van der Waals surface area (Å²) >= 11 is 0. The Morgan fingerprint density at radius 2 is 2.00 bits per heavy atom. The van der Waals surface area contributed by atoms with Gasteiger partial charge in [0, 0.05) is 32.5 Å². The Kier molecular flexibility index (Phi) is 5.52. The molecule has 1 spiro atoms. The fourth-order valence-corrected chi connectivity index (χ4v) is 6.39. The summed E-state index contributed by atoms with van der Waals surface area (Å²) in [5.41, 5.74) is -0.386. The third-order valence-electron chi connectivity index (χ3n) is 6.54. The lowest BCUT2D eigenvalue weighted by molar-refractivity contribution is -0.145. The second-order valence-corrected chi connectivity index (χ2v) is 10.5. The summed E-state index contributed by atoms with van der Waals surface area (Å²) in [4.78, 5) is 29.6. The van der Waals surface area contributed by atoms with Crippen molar-refractivity contribution >= 4 is 27.5 Å². The molecule has 0 saturated carbocycles. The highest BCUT2D eigenvalue weighted by molar-refractivity contribution is 7.89. The van der Waals surface area contributed by atoms with Crippen LogP contribution in [0.25, 0.3) is 0 Å². The highest BCUT2D eigenvalue weighted by Crippen LogP contribution is 2.35. The van der Waals surface area contributed by atoms with E-state index in [9.17, 15) is 18.0 Å². The van der Waals surface area contributed by atoms with Crippen LogP contribution in [0.15, 0.2) is 29.2 Å². The van der Waals surface area contributed by atoms with Crippen molar-refractivity contribution in [2.45, 2.75) is 62.6 Å². The largest absolute Gasteiger partial charge is 0.365 e. The molecule has 164 valence electrons. The number of likely N-dealkylation sites (tertiary alicyclic amines) is 2. The monoisotopic (exact) mass is 434 g/mol. The minimum atomic E-state index is -3.68. The smallest absolute Gasteiger partial charge is 0.245 e. The number of amides is 2. The van der Waals surface area contributed by atoms with E-state index >= 15 is 0 Å². The number of hydrogen-bond acceptors (Lipinski definition) is 5. The molecule has 2 saturated heterocycles. The van der Waals surface area contributed by atoms with Crippen LogP contribution in [0, 0.1) is 5.92 Å². The first-order valence-electron chi connectivity index (χ1n) is 10.7. The van der Waals surface area contributed by atoms with Crippen molar-refractivity contribution in [3.05, 3.63) is 24.3 Å². The number of hydrogen-bond donors (Lipinski definition) is 2. The standard InChI is InChI=1S/C21H30N4O4S/c1-15-6-5-12-24(14-15)20(27)16(2)25-13-11-21(10-9-19(25)26)22-17-7-3-4-8-18(17)30(28,29)23-21/h3-4,7-8,15-16,22-23H,5-6,9-14H2,1-2H3/t15-,16-,21-/m1/s1. The van der Waals surface area contributed by atoms with Crippen LogP contribution in [0.3, 0.4) is 0 Å². The summed E-state index contributed by atoms with van der Waals surface area (Å²) in [6.07, 6.45) is 3.00. The molecule has 0 bridgehead atoms. The van der Waals surface area contributed by atoms with Gasteiger partial charge in [-0.25, -0.2) is 8.42 Å². The van der Waals surface area contributed by atoms with E-state index in [1.54, 1.807) is 36.1 Å². The molecule has 2 amide bonds. The third kappa shape index (κ3) is 3.92. The fraction of sp³-hybridized carbons (Fsp3) is 0.619. The van der Waals surface area contributed by atoms with Crippen LogP contribution in [0.2, 0.25) is 0 Å². The van der Waals surface area contributed by atoms with Crippen molar-refractivity contribution < 1.29 is 18.0 Å². The molecule has 0 aromatic heterocycles. The van der Waals surface area contributed by atoms with Gasteiger partial charge in [-0.1, -0.05) is 19.1 Å². The van der Waals surface area contributed by atoms with Gasteiger partial charge >= 0.3 is 0 Å². The number of benzene rings is 1. The third-order valence-corrected chi connectivity index (χ3v) is 8.13. The summed E-state index contributed by atoms with van der Waals surface area (Å²) in [5.74, 6) is 0.338. The zero-order valence-corrected chi connectivity index (χ0v) is 18.4. The fourth-order valence-electron chi connectivity index (χ4n) is 4.85. The molecular weight excluding hydrogens is 404 g/mol. The number of piperidine rings is 1. The average molecular weight is 435 g/mol. The topological polar surface area (TPSA) is 98.8 Å². The van der Waals surface area contributed by atoms with Crippen LogP contribution in [0.5, 0.6) is 0 Å². The molecule has 2 fully saturated rings. The Hall–Kier alpha value is -2.13. The maximum atomic E-state index is 13.0. The number of carbonyl (C=O) groups is 2. The van der Waals surface area contributed by atoms with Crippen LogP contribution in [-0.2, 0) is 19.6 Å². The molecule has 0 radical (unpaired) electrons. The molecule has 3 aliphatic heterocycles. The van der Waals surface area contributed by atoms with Gasteiger partial charge < -0.3 is 15.1 Å². The van der Waals surface area contributed by atoms with Crippen LogP contribution in [0.1, 0.15) is 46.0 Å². The van der Waals surface area contributed by atoms with Gasteiger partial charge in [-0.15, -0.1) is 0 Å². The van der Waals surface area contributed by atoms with Crippen molar-refractivity contribution in [3.63, 3.8) is 0 Å². The second kappa shape index (κ2) is 7.85. The average Bonchev–Trinajstić information content (AvgIpc) is 2.85. The highest BCUT2D eigenvalue weighted by Gasteiger charge is 2.44. The van der Waals surface area contributed by atoms with Crippen molar-refractivity contribution in [1.29, 1.82) is 0 Å². The van der Waals surface area contributed by atoms with E-state index in [0.29, 0.717) is 31.0 Å². The lowest BCUT2D eigenvalue weighted by Crippen LogP contribution is -2.58. The second-order valence-electron chi connectivity index (χ2n) is 8.85. The molecule has 30 heavy (non-hydrogen) atoms. The van der Waals surface area contributed by atoms with Gasteiger partial charge in [-0.05, 0) is 44.2 Å². The van der Waals surface area contributed by atoms with Crippen LogP contribution in [-0.4, -0.2) is 61.4 Å². The minimum absolute atomic E-state index is 0.0200. The van der Waals surface area contributed by atoms with E-state index in [1.165, 1.54) is 0 Å². The Morgan fingerprint density at radius 1 is 1.23 bits per heavy atom. The summed E-state index contributed by atoms with van der Waals surface area (Å²) in [7, 11) is -3.68. The Balaban J connectivity index is 1.52. The van der Waals surface area contributed by atoms with E-state index in [1.807, 2.05) is 4.90 Å². The molecule has 3 heterocycles. The predicted octanol–water partition coefficient (Wildman–Crippen LogP) is 1.75. The van der Waals surface area contributed by atoms with E-state index in [2.05, 4.69) is 17.0 Å². The Labute approximate surface area is 178 Å². The molecular formula is C21H30N4O4S. The van der Waals surface area contributed by atoms with Gasteiger partial charge in [0.05, 0.1) is 5.69 Å². The first kappa shape index (κ1) is 21.1. The molecule has 4 rings (SSSR count). The van der Waals surface area contributed by atoms with Gasteiger partial charge in [0.25, 0.3) is 0 Å². The maximum absolute atomic E-state index is 13.0. The Bertz CT molecular complexity index is 950. The number of fused-ring (bicyclic) bond motifs is 1. The van der Waals surface area contributed by atoms with E-state index in [4.69, 9.17) is 0 Å². The number of nitrogens with one attached hydrogen (secondary N) is 2. The van der Waals surface area contributed by atoms with Crippen molar-refractivity contribution in [1.82, 2.24) is 14.5 Å². The zero-order valence-electron chi connectivity index (χ0n) is 17.6. The molecule has 3 aliphatic rings. The van der Waals surface area contributed by atoms with E-state index in [-0.39, 0.29) is 23.1 Å². The molecule has 8 nitrogen and oxygen atoms in total. The summed E-state index contributed by atoms with van der Waals surface area (Å²) in [5, 5.41) is 3.32. The number of rotatable bonds is 2. The van der Waals surface area contributed by atoms with Gasteiger partial charge in [0.1, 0.15) is 16.6 Å². The molecule has 0 unspecified atom stereocenters. The normalized spacial score (nSPS) is 29.7. The van der Waals surface area contributed by atoms with Crippen molar-refractivity contribution in [2.24, 2.45) is 5.92 Å². The summed E-state index contributed by atoms with van der Waals surface area (Å²) in [6.45, 7) is 5.70. The highest BCUT2D eigenvalue weighted by atomic mass is 32.2. The summed E-state index contributed by atoms with van der Waals surface area (Å²) in [6, 6.07) is 6.22. The van der Waals surface area contributed by atoms with Crippen LogP contribution < -0.4 is 10.0 Å². The molecule has 9 heteroatoms. The first-order chi connectivity index (χ1) is 14.2. The zero-order chi connectivity index (χ0) is 21.5. The molecule has 3 atom stereocenters. The van der Waals surface area contributed by atoms with Gasteiger partial charge in [-0.2, -0.15) is 4.72 Å². The number of anilines is 1. The number of carbonyl (C=O) groups excluding carboxylic acids is 2. The van der Waals surface area contributed by atoms with Crippen molar-refractivity contribution in [3.8, 4) is 0 Å². The number of nitrogens with zero attached hydrogens (tertiary/aromatic N) is 2. The summed E-state index contributed by atoms with van der Waals surface area (Å²) < 4.78 is 28.4. The van der Waals surface area contributed by atoms with Crippen LogP contribution in [0.4, 0.5) is 5.69 Å². The number of para-hydroxylation sites is 1. The SMILES string of the molecule is C[C@@H]1CCCN(C(=O)[C@@H](C)N2CC[C@]3(CCC2=O)Nc2ccccc2S(=O)(=O)N3)C1. The molecule has 1 aromatic carbocycles. The molecule has 2 N–H and O–H groups in total. The lowest BCUT2D eigenvalue weighted by Gasteiger charge is -2.40. The predicted molar refractivity (Wildman–Crippen MR) is 113 cm³/mol. The first-order valence-corrected chi connectivity index (χ1v) is 12.2. The van der Waals surface area contributed by atoms with Gasteiger partial charge in [-0.3, -0.25) is 9.59 Å².